The lowest BCUT2D eigenvalue weighted by Gasteiger charge is -1.70. The largest absolute Gasteiger partial charge is 0.516 e. The lowest BCUT2D eigenvalue weighted by atomic mass is 9.88. The Morgan fingerprint density at radius 2 is 2.17 bits per heavy atom. The lowest BCUT2D eigenvalue weighted by Crippen LogP contribution is -1.83. The molecule has 0 radical (unpaired) electrons. The number of hydrogen-bond acceptors (Lipinski definition) is 2. The van der Waals surface area contributed by atoms with Gasteiger partial charge in [-0.05, 0) is 6.32 Å². The van der Waals surface area contributed by atoms with Crippen LogP contribution in [0, 0.1) is 0 Å². The molecule has 3 heteroatoms. The molecule has 0 aromatic heterocycles. The Kier molecular flexibility index (Phi) is 1.12. The fourth-order valence-electron chi connectivity index (χ4n) is 0.371. The van der Waals surface area contributed by atoms with Gasteiger partial charge in [0.25, 0.3) is 0 Å². The third-order valence-electron chi connectivity index (χ3n) is 0.757. The first-order valence-corrected chi connectivity index (χ1v) is 2.25. The van der Waals surface area contributed by atoms with E-state index in [1.807, 2.05) is 0 Å². The molecule has 0 aromatic carbocycles. The van der Waals surface area contributed by atoms with Gasteiger partial charge in [-0.1, -0.05) is 13.3 Å². The summed E-state index contributed by atoms with van der Waals surface area (Å²) in [7, 11) is 0.148. The van der Waals surface area contributed by atoms with Gasteiger partial charge in [0, 0.05) is 0 Å². The van der Waals surface area contributed by atoms with Crippen molar-refractivity contribution in [2.45, 2.75) is 19.7 Å². The zero-order chi connectivity index (χ0) is 4.41. The smallest absolute Gasteiger partial charge is 0.273 e. The van der Waals surface area contributed by atoms with Crippen LogP contribution in [-0.2, 0) is 9.61 Å². The van der Waals surface area contributed by atoms with E-state index in [-0.39, 0.29) is 7.12 Å². The van der Waals surface area contributed by atoms with E-state index in [0.717, 1.165) is 12.7 Å². The van der Waals surface area contributed by atoms with Crippen molar-refractivity contribution >= 4 is 7.12 Å². The fraction of sp³-hybridized carbons (Fsp3) is 1.00. The Balaban J connectivity index is 1.88. The normalized spacial score (nSPS) is 18.5. The zero-order valence-electron chi connectivity index (χ0n) is 3.81. The zero-order valence-corrected chi connectivity index (χ0v) is 3.81. The van der Waals surface area contributed by atoms with Crippen molar-refractivity contribution in [2.24, 2.45) is 0 Å². The first-order valence-electron chi connectivity index (χ1n) is 2.25. The molecule has 1 heterocycles. The molecule has 1 rings (SSSR count). The van der Waals surface area contributed by atoms with Crippen LogP contribution in [0.15, 0.2) is 0 Å². The van der Waals surface area contributed by atoms with Crippen molar-refractivity contribution in [2.75, 3.05) is 0 Å². The van der Waals surface area contributed by atoms with Crippen LogP contribution < -0.4 is 0 Å². The van der Waals surface area contributed by atoms with Crippen molar-refractivity contribution in [3.8, 4) is 0 Å². The Morgan fingerprint density at radius 1 is 1.50 bits per heavy atom. The molecule has 0 amide bonds. The van der Waals surface area contributed by atoms with E-state index >= 15 is 0 Å². The van der Waals surface area contributed by atoms with Crippen LogP contribution in [0.3, 0.4) is 0 Å². The van der Waals surface area contributed by atoms with Gasteiger partial charge in [0.2, 0.25) is 0 Å². The second-order valence-electron chi connectivity index (χ2n) is 1.41. The molecule has 1 fully saturated rings. The van der Waals surface area contributed by atoms with Gasteiger partial charge in [-0.2, -0.15) is 0 Å². The van der Waals surface area contributed by atoms with Crippen molar-refractivity contribution in [1.82, 2.24) is 0 Å². The second kappa shape index (κ2) is 1.62. The first kappa shape index (κ1) is 4.15. The van der Waals surface area contributed by atoms with E-state index in [4.69, 9.17) is 0 Å². The van der Waals surface area contributed by atoms with Crippen LogP contribution in [0.2, 0.25) is 6.32 Å². The molecule has 0 aromatic rings. The summed E-state index contributed by atoms with van der Waals surface area (Å²) in [4.78, 5) is 8.90. The minimum absolute atomic E-state index is 0.148. The van der Waals surface area contributed by atoms with Crippen molar-refractivity contribution in [3.63, 3.8) is 0 Å². The lowest BCUT2D eigenvalue weighted by molar-refractivity contribution is 0.0850. The van der Waals surface area contributed by atoms with E-state index < -0.39 is 0 Å². The third-order valence-corrected chi connectivity index (χ3v) is 0.757. The quantitative estimate of drug-likeness (QED) is 0.282. The van der Waals surface area contributed by atoms with E-state index in [1.54, 1.807) is 0 Å². The van der Waals surface area contributed by atoms with Crippen LogP contribution in [0.5, 0.6) is 0 Å². The molecule has 0 atom stereocenters. The van der Waals surface area contributed by atoms with Gasteiger partial charge >= 0.3 is 7.12 Å². The topological polar surface area (TPSA) is 25.1 Å². The summed E-state index contributed by atoms with van der Waals surface area (Å²) >= 11 is 0. The average molecular weight is 85.9 g/mol. The highest BCUT2D eigenvalue weighted by Gasteiger charge is 2.32. The summed E-state index contributed by atoms with van der Waals surface area (Å²) < 4.78 is 0. The van der Waals surface area contributed by atoms with Gasteiger partial charge in [-0.15, -0.1) is 0 Å². The molecular weight excluding hydrogens is 78.8 g/mol. The van der Waals surface area contributed by atoms with Gasteiger partial charge in [0.1, 0.15) is 0 Å². The van der Waals surface area contributed by atoms with E-state index in [9.17, 15) is 0 Å². The summed E-state index contributed by atoms with van der Waals surface area (Å²) in [6, 6.07) is 0. The SMILES string of the molecule is CCCB1OO1. The standard InChI is InChI=1S/C3H7BO2/c1-2-3-4-5-6-4/h2-3H2,1H3. The molecular formula is C3H7BO2. The predicted octanol–water partition coefficient (Wildman–Crippen LogP) is 0.846. The minimum atomic E-state index is 0.148. The minimum Gasteiger partial charge on any atom is -0.273 e. The van der Waals surface area contributed by atoms with Crippen LogP contribution in [-0.4, -0.2) is 7.12 Å². The summed E-state index contributed by atoms with van der Waals surface area (Å²) in [6.07, 6.45) is 2.19. The molecule has 2 nitrogen and oxygen atoms in total. The fourth-order valence-corrected chi connectivity index (χ4v) is 0.371. The molecule has 0 unspecified atom stereocenters. The van der Waals surface area contributed by atoms with Crippen molar-refractivity contribution in [1.29, 1.82) is 0 Å². The molecule has 1 aliphatic heterocycles. The molecule has 6 heavy (non-hydrogen) atoms. The highest BCUT2D eigenvalue weighted by Crippen LogP contribution is 2.12. The van der Waals surface area contributed by atoms with Gasteiger partial charge in [0.05, 0.1) is 0 Å². The monoisotopic (exact) mass is 86.1 g/mol. The predicted molar refractivity (Wildman–Crippen MR) is 23.0 cm³/mol. The average Bonchev–Trinajstić information content (AvgIpc) is 2.21. The molecule has 1 saturated heterocycles. The maximum atomic E-state index is 4.45. The van der Waals surface area contributed by atoms with E-state index in [0.29, 0.717) is 0 Å². The third kappa shape index (κ3) is 0.991. The highest BCUT2D eigenvalue weighted by molar-refractivity contribution is 6.49. The second-order valence-corrected chi connectivity index (χ2v) is 1.41. The molecule has 0 bridgehead atoms. The molecule has 0 saturated carbocycles. The van der Waals surface area contributed by atoms with Crippen LogP contribution in [0.1, 0.15) is 13.3 Å². The summed E-state index contributed by atoms with van der Waals surface area (Å²) in [6.45, 7) is 2.10. The highest BCUT2D eigenvalue weighted by atomic mass is 17.3. The van der Waals surface area contributed by atoms with E-state index in [1.165, 1.54) is 0 Å². The summed E-state index contributed by atoms with van der Waals surface area (Å²) in [5.74, 6) is 0. The van der Waals surface area contributed by atoms with Gasteiger partial charge in [0.15, 0.2) is 0 Å². The number of hydrogen-bond donors (Lipinski definition) is 0. The van der Waals surface area contributed by atoms with Crippen LogP contribution in [0.4, 0.5) is 0 Å². The van der Waals surface area contributed by atoms with Gasteiger partial charge in [-0.3, -0.25) is 9.61 Å². The summed E-state index contributed by atoms with van der Waals surface area (Å²) in [5, 5.41) is 0. The van der Waals surface area contributed by atoms with Crippen molar-refractivity contribution < 1.29 is 9.61 Å². The van der Waals surface area contributed by atoms with Gasteiger partial charge < -0.3 is 0 Å². The summed E-state index contributed by atoms with van der Waals surface area (Å²) in [5.41, 5.74) is 0. The Morgan fingerprint density at radius 3 is 2.33 bits per heavy atom. The molecule has 0 aliphatic carbocycles. The van der Waals surface area contributed by atoms with E-state index in [2.05, 4.69) is 16.5 Å². The maximum Gasteiger partial charge on any atom is 0.516 e. The molecule has 0 N–H and O–H groups in total. The molecule has 34 valence electrons. The Hall–Kier alpha value is -0.0151. The molecule has 0 spiro atoms. The first-order chi connectivity index (χ1) is 2.93. The maximum absolute atomic E-state index is 4.45. The van der Waals surface area contributed by atoms with Gasteiger partial charge in [-0.25, -0.2) is 0 Å². The van der Waals surface area contributed by atoms with Crippen LogP contribution >= 0.6 is 0 Å². The van der Waals surface area contributed by atoms with Crippen molar-refractivity contribution in [3.05, 3.63) is 0 Å². The van der Waals surface area contributed by atoms with Crippen LogP contribution in [0.25, 0.3) is 0 Å². The molecule has 1 aliphatic rings. The Labute approximate surface area is 37.5 Å². The number of rotatable bonds is 2. The Bertz CT molecular complexity index is 44.1.